The van der Waals surface area contributed by atoms with E-state index in [0.717, 1.165) is 25.1 Å². The second-order valence-electron chi connectivity index (χ2n) is 4.43. The molecule has 1 aliphatic heterocycles. The number of aromatic nitrogens is 1. The van der Waals surface area contributed by atoms with Gasteiger partial charge in [0.1, 0.15) is 0 Å². The molecule has 114 valence electrons. The summed E-state index contributed by atoms with van der Waals surface area (Å²) in [5, 5.41) is 0. The molecule has 1 amide bonds. The normalized spacial score (nSPS) is 12.1. The predicted octanol–water partition coefficient (Wildman–Crippen LogP) is 3.94. The summed E-state index contributed by atoms with van der Waals surface area (Å²) in [6.07, 6.45) is 5.37. The van der Waals surface area contributed by atoms with Crippen LogP contribution in [0.1, 0.15) is 22.3 Å². The Balaban J connectivity index is 0.00000133. The van der Waals surface area contributed by atoms with Gasteiger partial charge in [0.2, 0.25) is 0 Å². The van der Waals surface area contributed by atoms with Crippen LogP contribution in [-0.4, -0.2) is 17.4 Å². The average molecular weight is 348 g/mol. The molecular weight excluding hydrogens is 331 g/mol. The largest absolute Gasteiger partial charge is 0.308 e. The summed E-state index contributed by atoms with van der Waals surface area (Å²) in [5.74, 6) is 0.0373. The maximum atomic E-state index is 12.4. The zero-order valence-electron chi connectivity index (χ0n) is 11.3. The number of halogens is 3. The number of fused-ring (bicyclic) bond motifs is 1. The molecular formula is C15H17Cl3N2O. The molecule has 3 rings (SSSR count). The number of hydrogen-bond donors (Lipinski definition) is 0. The van der Waals surface area contributed by atoms with E-state index in [1.54, 1.807) is 18.5 Å². The summed E-state index contributed by atoms with van der Waals surface area (Å²) in [7, 11) is 0. The van der Waals surface area contributed by atoms with Gasteiger partial charge in [-0.1, -0.05) is 18.2 Å². The molecule has 6 heteroatoms. The van der Waals surface area contributed by atoms with Gasteiger partial charge in [0, 0.05) is 24.6 Å². The van der Waals surface area contributed by atoms with Crippen molar-refractivity contribution < 1.29 is 4.79 Å². The van der Waals surface area contributed by atoms with Crippen LogP contribution in [0.5, 0.6) is 0 Å². The number of carbonyl (C=O) groups is 1. The van der Waals surface area contributed by atoms with Crippen molar-refractivity contribution in [3.05, 3.63) is 59.9 Å². The predicted molar refractivity (Wildman–Crippen MR) is 92.4 cm³/mol. The lowest BCUT2D eigenvalue weighted by Crippen LogP contribution is -2.35. The molecule has 1 aliphatic rings. The van der Waals surface area contributed by atoms with E-state index in [4.69, 9.17) is 0 Å². The summed E-state index contributed by atoms with van der Waals surface area (Å²) < 4.78 is 0. The van der Waals surface area contributed by atoms with Crippen LogP contribution in [-0.2, 0) is 6.42 Å². The van der Waals surface area contributed by atoms with Gasteiger partial charge in [-0.2, -0.15) is 0 Å². The highest BCUT2D eigenvalue weighted by atomic mass is 35.5. The van der Waals surface area contributed by atoms with Crippen LogP contribution in [0.2, 0.25) is 0 Å². The van der Waals surface area contributed by atoms with Crippen LogP contribution >= 0.6 is 37.2 Å². The Kier molecular flexibility index (Phi) is 8.33. The number of amides is 1. The quantitative estimate of drug-likeness (QED) is 0.783. The number of pyridine rings is 1. The summed E-state index contributed by atoms with van der Waals surface area (Å²) in [5.41, 5.74) is 2.94. The fourth-order valence-corrected chi connectivity index (χ4v) is 2.39. The highest BCUT2D eigenvalue weighted by molar-refractivity contribution is 6.06. The average Bonchev–Trinajstić information content (AvgIpc) is 2.47. The van der Waals surface area contributed by atoms with Crippen molar-refractivity contribution >= 4 is 48.8 Å². The molecule has 0 radical (unpaired) electrons. The van der Waals surface area contributed by atoms with Crippen molar-refractivity contribution in [2.24, 2.45) is 0 Å². The van der Waals surface area contributed by atoms with E-state index in [9.17, 15) is 4.79 Å². The van der Waals surface area contributed by atoms with Crippen LogP contribution in [0.25, 0.3) is 0 Å². The van der Waals surface area contributed by atoms with Crippen molar-refractivity contribution in [3.8, 4) is 0 Å². The Morgan fingerprint density at radius 1 is 1.05 bits per heavy atom. The van der Waals surface area contributed by atoms with Crippen LogP contribution < -0.4 is 4.90 Å². The van der Waals surface area contributed by atoms with Crippen molar-refractivity contribution in [2.45, 2.75) is 12.8 Å². The summed E-state index contributed by atoms with van der Waals surface area (Å²) >= 11 is 0. The molecule has 0 spiro atoms. The lowest BCUT2D eigenvalue weighted by atomic mass is 10.0. The van der Waals surface area contributed by atoms with Crippen LogP contribution in [0, 0.1) is 0 Å². The SMILES string of the molecule is Cl.Cl.Cl.O=C(c1cccnc1)N1CCCc2ccccc21. The van der Waals surface area contributed by atoms with Gasteiger partial charge in [-0.25, -0.2) is 0 Å². The Bertz CT molecular complexity index is 578. The van der Waals surface area contributed by atoms with Gasteiger partial charge in [0.05, 0.1) is 5.56 Å². The summed E-state index contributed by atoms with van der Waals surface area (Å²) in [6, 6.07) is 11.7. The second kappa shape index (κ2) is 8.88. The molecule has 1 aromatic carbocycles. The van der Waals surface area contributed by atoms with Crippen LogP contribution in [0.4, 0.5) is 5.69 Å². The number of rotatable bonds is 1. The van der Waals surface area contributed by atoms with E-state index in [-0.39, 0.29) is 43.1 Å². The first-order valence-corrected chi connectivity index (χ1v) is 6.16. The maximum absolute atomic E-state index is 12.4. The molecule has 0 N–H and O–H groups in total. The van der Waals surface area contributed by atoms with E-state index >= 15 is 0 Å². The molecule has 0 saturated carbocycles. The first-order valence-electron chi connectivity index (χ1n) is 6.16. The summed E-state index contributed by atoms with van der Waals surface area (Å²) in [4.78, 5) is 18.3. The van der Waals surface area contributed by atoms with Crippen molar-refractivity contribution in [2.75, 3.05) is 11.4 Å². The third kappa shape index (κ3) is 4.10. The highest BCUT2D eigenvalue weighted by Crippen LogP contribution is 2.27. The van der Waals surface area contributed by atoms with Gasteiger partial charge >= 0.3 is 0 Å². The number of anilines is 1. The molecule has 2 heterocycles. The summed E-state index contributed by atoms with van der Waals surface area (Å²) in [6.45, 7) is 0.782. The lowest BCUT2D eigenvalue weighted by molar-refractivity contribution is 0.0985. The molecule has 0 bridgehead atoms. The standard InChI is InChI=1S/C15H14N2O.3ClH/c18-15(13-6-3-9-16-11-13)17-10-4-7-12-5-1-2-8-14(12)17;;;/h1-3,5-6,8-9,11H,4,7,10H2;3*1H. The van der Waals surface area contributed by atoms with Crippen molar-refractivity contribution in [1.82, 2.24) is 4.98 Å². The minimum absolute atomic E-state index is 0. The molecule has 1 aromatic heterocycles. The fraction of sp³-hybridized carbons (Fsp3) is 0.200. The fourth-order valence-electron chi connectivity index (χ4n) is 2.39. The molecule has 0 fully saturated rings. The minimum atomic E-state index is 0. The Morgan fingerprint density at radius 2 is 1.81 bits per heavy atom. The third-order valence-corrected chi connectivity index (χ3v) is 3.26. The number of nitrogens with zero attached hydrogens (tertiary/aromatic N) is 2. The number of hydrogen-bond acceptors (Lipinski definition) is 2. The van der Waals surface area contributed by atoms with E-state index < -0.39 is 0 Å². The van der Waals surface area contributed by atoms with E-state index in [2.05, 4.69) is 11.1 Å². The zero-order chi connectivity index (χ0) is 12.4. The molecule has 2 aromatic rings. The third-order valence-electron chi connectivity index (χ3n) is 3.26. The number of carbonyl (C=O) groups excluding carboxylic acids is 1. The zero-order valence-corrected chi connectivity index (χ0v) is 13.7. The number of benzene rings is 1. The Morgan fingerprint density at radius 3 is 2.52 bits per heavy atom. The van der Waals surface area contributed by atoms with Gasteiger partial charge in [-0.05, 0) is 36.6 Å². The van der Waals surface area contributed by atoms with Crippen molar-refractivity contribution in [1.29, 1.82) is 0 Å². The minimum Gasteiger partial charge on any atom is -0.308 e. The van der Waals surface area contributed by atoms with Gasteiger partial charge < -0.3 is 4.90 Å². The highest BCUT2D eigenvalue weighted by Gasteiger charge is 2.22. The van der Waals surface area contributed by atoms with Crippen LogP contribution in [0.3, 0.4) is 0 Å². The second-order valence-corrected chi connectivity index (χ2v) is 4.43. The molecule has 3 nitrogen and oxygen atoms in total. The first-order chi connectivity index (χ1) is 8.86. The molecule has 0 atom stereocenters. The molecule has 0 aliphatic carbocycles. The van der Waals surface area contributed by atoms with E-state index in [1.807, 2.05) is 29.2 Å². The Hall–Kier alpha value is -1.29. The molecule has 21 heavy (non-hydrogen) atoms. The van der Waals surface area contributed by atoms with Gasteiger partial charge in [-0.3, -0.25) is 9.78 Å². The molecule has 0 saturated heterocycles. The number of aryl methyl sites for hydroxylation is 1. The van der Waals surface area contributed by atoms with Gasteiger partial charge in [0.25, 0.3) is 5.91 Å². The smallest absolute Gasteiger partial charge is 0.259 e. The van der Waals surface area contributed by atoms with Gasteiger partial charge in [-0.15, -0.1) is 37.2 Å². The van der Waals surface area contributed by atoms with E-state index in [1.165, 1.54) is 5.56 Å². The topological polar surface area (TPSA) is 33.2 Å². The molecule has 0 unspecified atom stereocenters. The van der Waals surface area contributed by atoms with Crippen molar-refractivity contribution in [3.63, 3.8) is 0 Å². The maximum Gasteiger partial charge on any atom is 0.259 e. The lowest BCUT2D eigenvalue weighted by Gasteiger charge is -2.29. The number of para-hydroxylation sites is 1. The monoisotopic (exact) mass is 346 g/mol. The van der Waals surface area contributed by atoms with E-state index in [0.29, 0.717) is 5.56 Å². The first kappa shape index (κ1) is 19.7. The Labute approximate surface area is 143 Å². The van der Waals surface area contributed by atoms with Crippen LogP contribution in [0.15, 0.2) is 48.8 Å². The van der Waals surface area contributed by atoms with Gasteiger partial charge in [0.15, 0.2) is 0 Å².